The average Bonchev–Trinajstić information content (AvgIpc) is 3.23. The van der Waals surface area contributed by atoms with Crippen LogP contribution in [0.25, 0.3) is 0 Å². The smallest absolute Gasteiger partial charge is 0.303 e. The van der Waals surface area contributed by atoms with Gasteiger partial charge in [-0.2, -0.15) is 0 Å². The summed E-state index contributed by atoms with van der Waals surface area (Å²) >= 11 is 0. The monoisotopic (exact) mass is 282 g/mol. The molecular formula is C15H19FO4. The quantitative estimate of drug-likeness (QED) is 0.835. The number of halogens is 1. The number of hydrogen-bond donors (Lipinski definition) is 1. The Hall–Kier alpha value is -1.62. The van der Waals surface area contributed by atoms with Crippen LogP contribution in [0.3, 0.4) is 0 Å². The first-order valence-corrected chi connectivity index (χ1v) is 6.64. The zero-order chi connectivity index (χ0) is 14.7. The highest BCUT2D eigenvalue weighted by Crippen LogP contribution is 2.48. The number of ether oxygens (including phenoxy) is 2. The highest BCUT2D eigenvalue weighted by atomic mass is 19.1. The van der Waals surface area contributed by atoms with Gasteiger partial charge in [-0.1, -0.05) is 6.07 Å². The van der Waals surface area contributed by atoms with Crippen molar-refractivity contribution in [3.8, 4) is 5.75 Å². The molecule has 0 aliphatic heterocycles. The molecule has 20 heavy (non-hydrogen) atoms. The van der Waals surface area contributed by atoms with Crippen LogP contribution in [-0.2, 0) is 16.1 Å². The molecule has 0 bridgehead atoms. The molecule has 1 aromatic carbocycles. The van der Waals surface area contributed by atoms with E-state index in [0.29, 0.717) is 17.2 Å². The summed E-state index contributed by atoms with van der Waals surface area (Å²) in [4.78, 5) is 11.1. The molecule has 0 saturated heterocycles. The van der Waals surface area contributed by atoms with E-state index in [1.54, 1.807) is 6.07 Å². The lowest BCUT2D eigenvalue weighted by Crippen LogP contribution is -2.11. The first-order valence-electron chi connectivity index (χ1n) is 6.64. The van der Waals surface area contributed by atoms with Crippen LogP contribution in [-0.4, -0.2) is 25.3 Å². The van der Waals surface area contributed by atoms with Crippen molar-refractivity contribution in [1.29, 1.82) is 0 Å². The molecular weight excluding hydrogens is 263 g/mol. The highest BCUT2D eigenvalue weighted by molar-refractivity contribution is 5.68. The summed E-state index contributed by atoms with van der Waals surface area (Å²) < 4.78 is 24.2. The second-order valence-corrected chi connectivity index (χ2v) is 5.12. The Morgan fingerprint density at radius 2 is 2.15 bits per heavy atom. The first-order chi connectivity index (χ1) is 9.58. The highest BCUT2D eigenvalue weighted by Gasteiger charge is 2.36. The number of aliphatic carboxylic acids is 1. The maximum Gasteiger partial charge on any atom is 0.303 e. The van der Waals surface area contributed by atoms with Crippen molar-refractivity contribution in [1.82, 2.24) is 0 Å². The van der Waals surface area contributed by atoms with Gasteiger partial charge in [0.05, 0.1) is 25.7 Å². The first kappa shape index (κ1) is 14.8. The van der Waals surface area contributed by atoms with E-state index in [4.69, 9.17) is 14.6 Å². The predicted molar refractivity (Wildman–Crippen MR) is 71.4 cm³/mol. The third kappa shape index (κ3) is 3.10. The Bertz CT molecular complexity index is 497. The Balaban J connectivity index is 2.42. The molecule has 0 aromatic heterocycles. The molecule has 1 aliphatic rings. The van der Waals surface area contributed by atoms with Crippen molar-refractivity contribution >= 4 is 5.97 Å². The fourth-order valence-electron chi connectivity index (χ4n) is 2.65. The summed E-state index contributed by atoms with van der Waals surface area (Å²) in [5.41, 5.74) is 1.12. The van der Waals surface area contributed by atoms with Gasteiger partial charge in [0, 0.05) is 13.0 Å². The van der Waals surface area contributed by atoms with Gasteiger partial charge in [-0.05, 0) is 30.4 Å². The van der Waals surface area contributed by atoms with Crippen LogP contribution in [0.2, 0.25) is 0 Å². The standard InChI is InChI=1S/C15H19FO4/c1-19-8-12-13(16)6-5-10(15(12)20-2)11(7-14(17)18)9-3-4-9/h5-6,9,11H,3-4,7-8H2,1-2H3,(H,17,18). The average molecular weight is 282 g/mol. The van der Waals surface area contributed by atoms with Gasteiger partial charge in [0.15, 0.2) is 0 Å². The molecule has 2 rings (SSSR count). The third-order valence-corrected chi connectivity index (χ3v) is 3.71. The molecule has 1 N–H and O–H groups in total. The van der Waals surface area contributed by atoms with E-state index in [0.717, 1.165) is 18.4 Å². The Morgan fingerprint density at radius 3 is 2.65 bits per heavy atom. The summed E-state index contributed by atoms with van der Waals surface area (Å²) in [6, 6.07) is 3.00. The van der Waals surface area contributed by atoms with Crippen molar-refractivity contribution in [2.24, 2.45) is 5.92 Å². The number of hydrogen-bond acceptors (Lipinski definition) is 3. The van der Waals surface area contributed by atoms with Crippen LogP contribution in [0, 0.1) is 11.7 Å². The van der Waals surface area contributed by atoms with Crippen molar-refractivity contribution in [3.63, 3.8) is 0 Å². The van der Waals surface area contributed by atoms with Gasteiger partial charge >= 0.3 is 5.97 Å². The van der Waals surface area contributed by atoms with Crippen LogP contribution in [0.1, 0.15) is 36.3 Å². The summed E-state index contributed by atoms with van der Waals surface area (Å²) in [7, 11) is 2.96. The van der Waals surface area contributed by atoms with Gasteiger partial charge in [-0.3, -0.25) is 4.79 Å². The van der Waals surface area contributed by atoms with Crippen LogP contribution in [0.15, 0.2) is 12.1 Å². The zero-order valence-electron chi connectivity index (χ0n) is 11.7. The molecule has 1 aliphatic carbocycles. The van der Waals surface area contributed by atoms with E-state index in [2.05, 4.69) is 0 Å². The molecule has 5 heteroatoms. The topological polar surface area (TPSA) is 55.8 Å². The van der Waals surface area contributed by atoms with E-state index >= 15 is 0 Å². The molecule has 110 valence electrons. The van der Waals surface area contributed by atoms with Gasteiger partial charge < -0.3 is 14.6 Å². The lowest BCUT2D eigenvalue weighted by atomic mass is 9.89. The van der Waals surface area contributed by atoms with Crippen LogP contribution >= 0.6 is 0 Å². The minimum atomic E-state index is -0.846. The Labute approximate surface area is 117 Å². The second-order valence-electron chi connectivity index (χ2n) is 5.12. The summed E-state index contributed by atoms with van der Waals surface area (Å²) in [6.07, 6.45) is 2.06. The third-order valence-electron chi connectivity index (χ3n) is 3.71. The van der Waals surface area contributed by atoms with E-state index in [1.807, 2.05) is 0 Å². The van der Waals surface area contributed by atoms with E-state index in [-0.39, 0.29) is 18.9 Å². The molecule has 0 heterocycles. The molecule has 1 fully saturated rings. The molecule has 1 saturated carbocycles. The number of carbonyl (C=O) groups is 1. The molecule has 1 unspecified atom stereocenters. The van der Waals surface area contributed by atoms with Crippen LogP contribution < -0.4 is 4.74 Å². The minimum absolute atomic E-state index is 0.0408. The Kier molecular flexibility index (Phi) is 4.60. The molecule has 0 spiro atoms. The second kappa shape index (κ2) is 6.22. The largest absolute Gasteiger partial charge is 0.496 e. The predicted octanol–water partition coefficient (Wildman–Crippen LogP) is 2.95. The van der Waals surface area contributed by atoms with E-state index in [1.165, 1.54) is 20.3 Å². The SMILES string of the molecule is COCc1c(F)ccc(C(CC(=O)O)C2CC2)c1OC. The fourth-order valence-corrected chi connectivity index (χ4v) is 2.65. The van der Waals surface area contributed by atoms with Crippen LogP contribution in [0.4, 0.5) is 4.39 Å². The maximum absolute atomic E-state index is 13.9. The van der Waals surface area contributed by atoms with Gasteiger partial charge in [0.25, 0.3) is 0 Å². The van der Waals surface area contributed by atoms with Crippen molar-refractivity contribution < 1.29 is 23.8 Å². The lowest BCUT2D eigenvalue weighted by Gasteiger charge is -2.20. The molecule has 0 radical (unpaired) electrons. The number of carboxylic acids is 1. The van der Waals surface area contributed by atoms with Crippen LogP contribution in [0.5, 0.6) is 5.75 Å². The van der Waals surface area contributed by atoms with Crippen molar-refractivity contribution in [2.75, 3.05) is 14.2 Å². The van der Waals surface area contributed by atoms with Gasteiger partial charge in [-0.25, -0.2) is 4.39 Å². The summed E-state index contributed by atoms with van der Waals surface area (Å²) in [5, 5.41) is 9.07. The summed E-state index contributed by atoms with van der Waals surface area (Å²) in [5.74, 6) is -0.594. The van der Waals surface area contributed by atoms with Gasteiger partial charge in [-0.15, -0.1) is 0 Å². The molecule has 4 nitrogen and oxygen atoms in total. The molecule has 1 atom stereocenters. The minimum Gasteiger partial charge on any atom is -0.496 e. The number of benzene rings is 1. The zero-order valence-corrected chi connectivity index (χ0v) is 11.7. The number of carboxylic acid groups (broad SMARTS) is 1. The van der Waals surface area contributed by atoms with E-state index < -0.39 is 11.8 Å². The van der Waals surface area contributed by atoms with Gasteiger partial charge in [0.1, 0.15) is 11.6 Å². The van der Waals surface area contributed by atoms with Crippen molar-refractivity contribution in [2.45, 2.75) is 31.8 Å². The van der Waals surface area contributed by atoms with Crippen molar-refractivity contribution in [3.05, 3.63) is 29.1 Å². The maximum atomic E-state index is 13.9. The molecule has 0 amide bonds. The van der Waals surface area contributed by atoms with Gasteiger partial charge in [0.2, 0.25) is 0 Å². The summed E-state index contributed by atoms with van der Waals surface area (Å²) in [6.45, 7) is 0.104. The normalized spacial score (nSPS) is 15.9. The number of rotatable bonds is 7. The molecule has 1 aromatic rings. The lowest BCUT2D eigenvalue weighted by molar-refractivity contribution is -0.137. The fraction of sp³-hybridized carbons (Fsp3) is 0.533. The van der Waals surface area contributed by atoms with E-state index in [9.17, 15) is 9.18 Å². The Morgan fingerprint density at radius 1 is 1.45 bits per heavy atom. The number of methoxy groups -OCH3 is 2.